The average Bonchev–Trinajstić information content (AvgIpc) is 2.56. The van der Waals surface area contributed by atoms with Gasteiger partial charge in [0, 0.05) is 6.54 Å². The third-order valence-electron chi connectivity index (χ3n) is 3.45. The van der Waals surface area contributed by atoms with Crippen LogP contribution in [0.15, 0.2) is 60.7 Å². The van der Waals surface area contributed by atoms with Crippen LogP contribution in [0.1, 0.15) is 17.5 Å². The van der Waals surface area contributed by atoms with E-state index in [2.05, 4.69) is 17.4 Å². The molecule has 21 heavy (non-hydrogen) atoms. The number of nitrogens with one attached hydrogen (secondary N) is 1. The van der Waals surface area contributed by atoms with Crippen molar-refractivity contribution in [2.45, 2.75) is 25.4 Å². The van der Waals surface area contributed by atoms with Gasteiger partial charge in [-0.1, -0.05) is 60.7 Å². The second-order valence-electron chi connectivity index (χ2n) is 4.97. The van der Waals surface area contributed by atoms with Gasteiger partial charge in [-0.2, -0.15) is 0 Å². The molecule has 0 saturated carbocycles. The van der Waals surface area contributed by atoms with Crippen molar-refractivity contribution < 1.29 is 9.53 Å². The molecule has 0 aliphatic heterocycles. The third-order valence-corrected chi connectivity index (χ3v) is 3.45. The second kappa shape index (κ2) is 8.22. The highest BCUT2D eigenvalue weighted by atomic mass is 16.5. The van der Waals surface area contributed by atoms with Gasteiger partial charge in [0.1, 0.15) is 6.04 Å². The van der Waals surface area contributed by atoms with Crippen molar-refractivity contribution in [1.82, 2.24) is 5.32 Å². The zero-order valence-corrected chi connectivity index (χ0v) is 12.3. The molecule has 3 heteroatoms. The Labute approximate surface area is 126 Å². The van der Waals surface area contributed by atoms with E-state index < -0.39 is 0 Å². The Morgan fingerprint density at radius 1 is 1.00 bits per heavy atom. The van der Waals surface area contributed by atoms with Gasteiger partial charge in [-0.25, -0.2) is 0 Å². The van der Waals surface area contributed by atoms with Crippen molar-refractivity contribution in [2.75, 3.05) is 7.11 Å². The first kappa shape index (κ1) is 15.3. The molecule has 3 nitrogen and oxygen atoms in total. The van der Waals surface area contributed by atoms with Gasteiger partial charge in [0.15, 0.2) is 0 Å². The highest BCUT2D eigenvalue weighted by Crippen LogP contribution is 2.07. The Kier molecular flexibility index (Phi) is 5.98. The summed E-state index contributed by atoms with van der Waals surface area (Å²) in [4.78, 5) is 11.9. The highest BCUT2D eigenvalue weighted by Gasteiger charge is 2.18. The number of hydrogen-bond donors (Lipinski definition) is 1. The molecule has 0 fully saturated rings. The van der Waals surface area contributed by atoms with Crippen LogP contribution >= 0.6 is 0 Å². The van der Waals surface area contributed by atoms with Crippen LogP contribution in [-0.2, 0) is 22.5 Å². The van der Waals surface area contributed by atoms with Gasteiger partial charge < -0.3 is 10.1 Å². The monoisotopic (exact) mass is 283 g/mol. The van der Waals surface area contributed by atoms with Crippen LogP contribution in [0, 0.1) is 0 Å². The molecule has 0 amide bonds. The molecule has 0 aliphatic carbocycles. The van der Waals surface area contributed by atoms with Gasteiger partial charge in [0.05, 0.1) is 7.11 Å². The van der Waals surface area contributed by atoms with Crippen LogP contribution in [-0.4, -0.2) is 19.1 Å². The Hall–Kier alpha value is -2.13. The average molecular weight is 283 g/mol. The van der Waals surface area contributed by atoms with Gasteiger partial charge in [-0.15, -0.1) is 0 Å². The second-order valence-corrected chi connectivity index (χ2v) is 4.97. The summed E-state index contributed by atoms with van der Waals surface area (Å²) in [6.07, 6.45) is 1.58. The molecule has 2 rings (SSSR count). The number of esters is 1. The molecule has 2 aromatic rings. The van der Waals surface area contributed by atoms with Crippen molar-refractivity contribution in [3.05, 3.63) is 71.8 Å². The van der Waals surface area contributed by atoms with Crippen LogP contribution in [0.2, 0.25) is 0 Å². The zero-order chi connectivity index (χ0) is 14.9. The first-order valence-corrected chi connectivity index (χ1v) is 7.18. The number of ether oxygens (including phenoxy) is 1. The molecule has 0 aliphatic rings. The summed E-state index contributed by atoms with van der Waals surface area (Å²) in [6, 6.07) is 19.9. The first-order chi connectivity index (χ1) is 10.3. The summed E-state index contributed by atoms with van der Waals surface area (Å²) in [5.41, 5.74) is 2.39. The maximum Gasteiger partial charge on any atom is 0.322 e. The normalized spacial score (nSPS) is 11.9. The maximum atomic E-state index is 11.9. The molecular formula is C18H21NO2. The summed E-state index contributed by atoms with van der Waals surface area (Å²) in [5.74, 6) is -0.207. The fourth-order valence-electron chi connectivity index (χ4n) is 2.24. The van der Waals surface area contributed by atoms with E-state index in [0.717, 1.165) is 18.4 Å². The molecule has 0 unspecified atom stereocenters. The lowest BCUT2D eigenvalue weighted by molar-refractivity contribution is -0.143. The summed E-state index contributed by atoms with van der Waals surface area (Å²) in [5, 5.41) is 3.28. The van der Waals surface area contributed by atoms with E-state index >= 15 is 0 Å². The Morgan fingerprint density at radius 3 is 2.14 bits per heavy atom. The standard InChI is InChI=1S/C18H21NO2/c1-21-18(20)17(13-12-15-8-4-2-5-9-15)19-14-16-10-6-3-7-11-16/h2-11,17,19H,12-14H2,1H3/t17-/m0/s1. The van der Waals surface area contributed by atoms with Crippen LogP contribution < -0.4 is 5.32 Å². The van der Waals surface area contributed by atoms with E-state index in [1.807, 2.05) is 48.5 Å². The molecule has 1 atom stereocenters. The highest BCUT2D eigenvalue weighted by molar-refractivity contribution is 5.75. The maximum absolute atomic E-state index is 11.9. The Bertz CT molecular complexity index is 496. The molecule has 0 bridgehead atoms. The summed E-state index contributed by atoms with van der Waals surface area (Å²) < 4.78 is 4.89. The number of benzene rings is 2. The minimum Gasteiger partial charge on any atom is -0.468 e. The fourth-order valence-corrected chi connectivity index (χ4v) is 2.24. The van der Waals surface area contributed by atoms with E-state index in [9.17, 15) is 4.79 Å². The molecule has 0 radical (unpaired) electrons. The molecule has 110 valence electrons. The third kappa shape index (κ3) is 5.04. The molecule has 0 spiro atoms. The lowest BCUT2D eigenvalue weighted by Gasteiger charge is -2.16. The number of carbonyl (C=O) groups excluding carboxylic acids is 1. The lowest BCUT2D eigenvalue weighted by Crippen LogP contribution is -2.37. The zero-order valence-electron chi connectivity index (χ0n) is 12.3. The van der Waals surface area contributed by atoms with E-state index in [0.29, 0.717) is 6.54 Å². The smallest absolute Gasteiger partial charge is 0.322 e. The SMILES string of the molecule is COC(=O)[C@H](CCc1ccccc1)NCc1ccccc1. The van der Waals surface area contributed by atoms with Crippen LogP contribution in [0.4, 0.5) is 0 Å². The van der Waals surface area contributed by atoms with E-state index in [1.165, 1.54) is 12.7 Å². The van der Waals surface area contributed by atoms with Crippen molar-refractivity contribution in [1.29, 1.82) is 0 Å². The number of rotatable bonds is 7. The lowest BCUT2D eigenvalue weighted by atomic mass is 10.0. The topological polar surface area (TPSA) is 38.3 Å². The Balaban J connectivity index is 1.90. The molecule has 0 aromatic heterocycles. The minimum atomic E-state index is -0.282. The molecule has 2 aromatic carbocycles. The quantitative estimate of drug-likeness (QED) is 0.794. The van der Waals surface area contributed by atoms with Crippen molar-refractivity contribution in [2.24, 2.45) is 0 Å². The number of hydrogen-bond acceptors (Lipinski definition) is 3. The Morgan fingerprint density at radius 2 is 1.57 bits per heavy atom. The predicted octanol–water partition coefficient (Wildman–Crippen LogP) is 2.95. The van der Waals surface area contributed by atoms with E-state index in [-0.39, 0.29) is 12.0 Å². The van der Waals surface area contributed by atoms with Crippen molar-refractivity contribution in [3.63, 3.8) is 0 Å². The summed E-state index contributed by atoms with van der Waals surface area (Å²) >= 11 is 0. The number of carbonyl (C=O) groups is 1. The molecule has 1 N–H and O–H groups in total. The van der Waals surface area contributed by atoms with Gasteiger partial charge in [-0.3, -0.25) is 4.79 Å². The molecule has 0 saturated heterocycles. The van der Waals surface area contributed by atoms with Gasteiger partial charge in [0.25, 0.3) is 0 Å². The minimum absolute atomic E-state index is 0.207. The van der Waals surface area contributed by atoms with Crippen molar-refractivity contribution >= 4 is 5.97 Å². The van der Waals surface area contributed by atoms with Crippen molar-refractivity contribution in [3.8, 4) is 0 Å². The van der Waals surface area contributed by atoms with Crippen LogP contribution in [0.25, 0.3) is 0 Å². The number of aryl methyl sites for hydroxylation is 1. The molecule has 0 heterocycles. The largest absolute Gasteiger partial charge is 0.468 e. The number of methoxy groups -OCH3 is 1. The predicted molar refractivity (Wildman–Crippen MR) is 83.8 cm³/mol. The van der Waals surface area contributed by atoms with Gasteiger partial charge in [-0.05, 0) is 24.0 Å². The fraction of sp³-hybridized carbons (Fsp3) is 0.278. The van der Waals surface area contributed by atoms with Gasteiger partial charge >= 0.3 is 5.97 Å². The van der Waals surface area contributed by atoms with E-state index in [1.54, 1.807) is 0 Å². The summed E-state index contributed by atoms with van der Waals surface area (Å²) in [6.45, 7) is 0.662. The van der Waals surface area contributed by atoms with Gasteiger partial charge in [0.2, 0.25) is 0 Å². The van der Waals surface area contributed by atoms with Crippen LogP contribution in [0.3, 0.4) is 0 Å². The molecular weight excluding hydrogens is 262 g/mol. The van der Waals surface area contributed by atoms with E-state index in [4.69, 9.17) is 4.74 Å². The van der Waals surface area contributed by atoms with Crippen LogP contribution in [0.5, 0.6) is 0 Å². The first-order valence-electron chi connectivity index (χ1n) is 7.18. The summed E-state index contributed by atoms with van der Waals surface area (Å²) in [7, 11) is 1.43.